The highest BCUT2D eigenvalue weighted by Gasteiger charge is 2.25. The minimum atomic E-state index is -0.282. The second-order valence-corrected chi connectivity index (χ2v) is 5.45. The SMILES string of the molecule is CCC1CN(c2cccc(F)c2[C@@H](C)N)CCN1C. The van der Waals surface area contributed by atoms with E-state index in [1.165, 1.54) is 6.07 Å². The number of likely N-dealkylation sites (N-methyl/N-ethyl adjacent to an activating group) is 1. The molecule has 3 nitrogen and oxygen atoms in total. The highest BCUT2D eigenvalue weighted by molar-refractivity contribution is 5.56. The molecule has 1 heterocycles. The van der Waals surface area contributed by atoms with E-state index in [2.05, 4.69) is 23.8 Å². The highest BCUT2D eigenvalue weighted by Crippen LogP contribution is 2.29. The highest BCUT2D eigenvalue weighted by atomic mass is 19.1. The Bertz CT molecular complexity index is 433. The van der Waals surface area contributed by atoms with Crippen molar-refractivity contribution in [3.8, 4) is 0 Å². The van der Waals surface area contributed by atoms with Crippen molar-refractivity contribution in [2.45, 2.75) is 32.4 Å². The maximum absolute atomic E-state index is 14.0. The van der Waals surface area contributed by atoms with Gasteiger partial charge in [0.25, 0.3) is 0 Å². The summed E-state index contributed by atoms with van der Waals surface area (Å²) in [6.45, 7) is 6.91. The summed E-state index contributed by atoms with van der Waals surface area (Å²) in [4.78, 5) is 4.65. The summed E-state index contributed by atoms with van der Waals surface area (Å²) in [6, 6.07) is 5.50. The molecule has 0 aliphatic carbocycles. The van der Waals surface area contributed by atoms with E-state index in [-0.39, 0.29) is 11.9 Å². The molecule has 2 atom stereocenters. The Kier molecular flexibility index (Phi) is 4.42. The largest absolute Gasteiger partial charge is 0.368 e. The lowest BCUT2D eigenvalue weighted by molar-refractivity contribution is 0.213. The predicted octanol–water partition coefficient (Wildman–Crippen LogP) is 2.38. The molecule has 1 aromatic rings. The van der Waals surface area contributed by atoms with Crippen LogP contribution in [0.5, 0.6) is 0 Å². The van der Waals surface area contributed by atoms with Crippen molar-refractivity contribution in [1.29, 1.82) is 0 Å². The van der Waals surface area contributed by atoms with Gasteiger partial charge in [0, 0.05) is 43.0 Å². The lowest BCUT2D eigenvalue weighted by atomic mass is 10.0. The van der Waals surface area contributed by atoms with Crippen molar-refractivity contribution < 1.29 is 4.39 Å². The van der Waals surface area contributed by atoms with E-state index in [1.807, 2.05) is 13.0 Å². The van der Waals surface area contributed by atoms with Crippen LogP contribution in [0.25, 0.3) is 0 Å². The van der Waals surface area contributed by atoms with Crippen LogP contribution >= 0.6 is 0 Å². The molecule has 0 amide bonds. The summed E-state index contributed by atoms with van der Waals surface area (Å²) in [5.74, 6) is -0.195. The van der Waals surface area contributed by atoms with Gasteiger partial charge in [0.1, 0.15) is 5.82 Å². The fourth-order valence-electron chi connectivity index (χ4n) is 2.86. The second kappa shape index (κ2) is 5.88. The Morgan fingerprint density at radius 3 is 2.79 bits per heavy atom. The zero-order chi connectivity index (χ0) is 14.0. The summed E-state index contributed by atoms with van der Waals surface area (Å²) < 4.78 is 14.0. The van der Waals surface area contributed by atoms with E-state index < -0.39 is 0 Å². The third-order valence-electron chi connectivity index (χ3n) is 4.07. The molecule has 1 aliphatic heterocycles. The molecule has 19 heavy (non-hydrogen) atoms. The fraction of sp³-hybridized carbons (Fsp3) is 0.600. The van der Waals surface area contributed by atoms with Crippen molar-refractivity contribution >= 4 is 5.69 Å². The molecule has 1 aromatic carbocycles. The Labute approximate surface area is 115 Å². The number of benzene rings is 1. The van der Waals surface area contributed by atoms with Crippen LogP contribution in [0.3, 0.4) is 0 Å². The average molecular weight is 265 g/mol. The number of rotatable bonds is 3. The Hall–Kier alpha value is -1.13. The van der Waals surface area contributed by atoms with E-state index in [0.717, 1.165) is 31.7 Å². The maximum Gasteiger partial charge on any atom is 0.130 e. The first-order chi connectivity index (χ1) is 9.04. The molecule has 0 spiro atoms. The quantitative estimate of drug-likeness (QED) is 0.910. The summed E-state index contributed by atoms with van der Waals surface area (Å²) in [6.07, 6.45) is 1.11. The Balaban J connectivity index is 2.29. The van der Waals surface area contributed by atoms with Crippen LogP contribution < -0.4 is 10.6 Å². The van der Waals surface area contributed by atoms with Gasteiger partial charge in [0.15, 0.2) is 0 Å². The molecular formula is C15H24FN3. The molecule has 2 rings (SSSR count). The normalized spacial score (nSPS) is 22.6. The molecule has 0 radical (unpaired) electrons. The smallest absolute Gasteiger partial charge is 0.130 e. The fourth-order valence-corrected chi connectivity index (χ4v) is 2.86. The van der Waals surface area contributed by atoms with Crippen LogP contribution in [0, 0.1) is 5.82 Å². The Morgan fingerprint density at radius 2 is 2.16 bits per heavy atom. The van der Waals surface area contributed by atoms with Crippen LogP contribution in [-0.2, 0) is 0 Å². The number of nitrogens with two attached hydrogens (primary N) is 1. The van der Waals surface area contributed by atoms with Gasteiger partial charge in [-0.1, -0.05) is 13.0 Å². The van der Waals surface area contributed by atoms with E-state index in [0.29, 0.717) is 11.6 Å². The molecule has 106 valence electrons. The van der Waals surface area contributed by atoms with Gasteiger partial charge >= 0.3 is 0 Å². The van der Waals surface area contributed by atoms with Gasteiger partial charge in [-0.25, -0.2) is 4.39 Å². The molecule has 0 saturated carbocycles. The number of hydrogen-bond donors (Lipinski definition) is 1. The lowest BCUT2D eigenvalue weighted by Gasteiger charge is -2.41. The minimum absolute atomic E-state index is 0.195. The predicted molar refractivity (Wildman–Crippen MR) is 77.9 cm³/mol. The first-order valence-corrected chi connectivity index (χ1v) is 7.03. The van der Waals surface area contributed by atoms with Crippen LogP contribution in [0.1, 0.15) is 31.9 Å². The number of anilines is 1. The van der Waals surface area contributed by atoms with E-state index in [9.17, 15) is 4.39 Å². The first kappa shape index (κ1) is 14.3. The summed E-state index contributed by atoms with van der Waals surface area (Å²) >= 11 is 0. The van der Waals surface area contributed by atoms with Gasteiger partial charge in [-0.15, -0.1) is 0 Å². The molecule has 1 fully saturated rings. The van der Waals surface area contributed by atoms with E-state index in [1.54, 1.807) is 6.07 Å². The van der Waals surface area contributed by atoms with Gasteiger partial charge in [-0.05, 0) is 32.5 Å². The standard InChI is InChI=1S/C15H24FN3/c1-4-12-10-19(9-8-18(12)3)14-7-5-6-13(16)15(14)11(2)17/h5-7,11-12H,4,8-10,17H2,1-3H3/t11-,12?/m1/s1. The van der Waals surface area contributed by atoms with Crippen LogP contribution in [-0.4, -0.2) is 37.6 Å². The Morgan fingerprint density at radius 1 is 1.42 bits per heavy atom. The molecule has 0 bridgehead atoms. The summed E-state index contributed by atoms with van der Waals surface area (Å²) in [5.41, 5.74) is 7.54. The second-order valence-electron chi connectivity index (χ2n) is 5.45. The van der Waals surface area contributed by atoms with Crippen molar-refractivity contribution in [2.24, 2.45) is 5.73 Å². The molecule has 1 saturated heterocycles. The lowest BCUT2D eigenvalue weighted by Crippen LogP contribution is -2.51. The summed E-state index contributed by atoms with van der Waals surface area (Å²) in [7, 11) is 2.16. The third kappa shape index (κ3) is 2.90. The molecular weight excluding hydrogens is 241 g/mol. The van der Waals surface area contributed by atoms with Crippen LogP contribution in [0.4, 0.5) is 10.1 Å². The van der Waals surface area contributed by atoms with Gasteiger partial charge in [-0.3, -0.25) is 4.90 Å². The number of piperazine rings is 1. The molecule has 4 heteroatoms. The van der Waals surface area contributed by atoms with Gasteiger partial charge in [0.05, 0.1) is 0 Å². The average Bonchev–Trinajstić information content (AvgIpc) is 2.38. The number of halogens is 1. The van der Waals surface area contributed by atoms with E-state index >= 15 is 0 Å². The first-order valence-electron chi connectivity index (χ1n) is 7.03. The van der Waals surface area contributed by atoms with Crippen LogP contribution in [0.15, 0.2) is 18.2 Å². The van der Waals surface area contributed by atoms with Crippen molar-refractivity contribution in [2.75, 3.05) is 31.6 Å². The van der Waals surface area contributed by atoms with Crippen LogP contribution in [0.2, 0.25) is 0 Å². The number of hydrogen-bond acceptors (Lipinski definition) is 3. The van der Waals surface area contributed by atoms with E-state index in [4.69, 9.17) is 5.73 Å². The molecule has 1 aliphatic rings. The van der Waals surface area contributed by atoms with Crippen molar-refractivity contribution in [3.05, 3.63) is 29.6 Å². The molecule has 0 aromatic heterocycles. The minimum Gasteiger partial charge on any atom is -0.368 e. The van der Waals surface area contributed by atoms with Gasteiger partial charge in [-0.2, -0.15) is 0 Å². The summed E-state index contributed by atoms with van der Waals surface area (Å²) in [5, 5.41) is 0. The van der Waals surface area contributed by atoms with Crippen molar-refractivity contribution in [3.63, 3.8) is 0 Å². The molecule has 1 unspecified atom stereocenters. The topological polar surface area (TPSA) is 32.5 Å². The monoisotopic (exact) mass is 265 g/mol. The zero-order valence-corrected chi connectivity index (χ0v) is 12.1. The van der Waals surface area contributed by atoms with Gasteiger partial charge < -0.3 is 10.6 Å². The third-order valence-corrected chi connectivity index (χ3v) is 4.07. The maximum atomic E-state index is 14.0. The molecule has 2 N–H and O–H groups in total. The van der Waals surface area contributed by atoms with Crippen molar-refractivity contribution in [1.82, 2.24) is 4.90 Å². The zero-order valence-electron chi connectivity index (χ0n) is 12.1. The van der Waals surface area contributed by atoms with Gasteiger partial charge in [0.2, 0.25) is 0 Å². The number of nitrogens with zero attached hydrogens (tertiary/aromatic N) is 2.